The quantitative estimate of drug-likeness (QED) is 0.631. The topological polar surface area (TPSA) is 57.2 Å². The van der Waals surface area contributed by atoms with Gasteiger partial charge in [-0.2, -0.15) is 0 Å². The van der Waals surface area contributed by atoms with E-state index in [1.54, 1.807) is 30.3 Å². The number of likely N-dealkylation sites (tertiary alicyclic amines) is 1. The normalized spacial score (nSPS) is 24.3. The molecule has 0 saturated carbocycles. The van der Waals surface area contributed by atoms with Gasteiger partial charge in [0.1, 0.15) is 6.54 Å². The first kappa shape index (κ1) is 19.2. The second-order valence-electron chi connectivity index (χ2n) is 7.52. The molecule has 144 valence electrons. The third-order valence-corrected chi connectivity index (χ3v) is 6.37. The van der Waals surface area contributed by atoms with Gasteiger partial charge < -0.3 is 19.9 Å². The molecule has 2 fully saturated rings. The first-order valence-corrected chi connectivity index (χ1v) is 10.3. The van der Waals surface area contributed by atoms with Gasteiger partial charge in [0.25, 0.3) is 0 Å². The van der Waals surface area contributed by atoms with Gasteiger partial charge in [-0.1, -0.05) is 13.0 Å². The van der Waals surface area contributed by atoms with Crippen LogP contribution in [-0.2, 0) is 9.53 Å². The summed E-state index contributed by atoms with van der Waals surface area (Å²) in [7, 11) is 3.54. The van der Waals surface area contributed by atoms with E-state index < -0.39 is 0 Å². The maximum Gasteiger partial charge on any atom is 0.243 e. The summed E-state index contributed by atoms with van der Waals surface area (Å²) >= 11 is 1.76. The van der Waals surface area contributed by atoms with Crippen molar-refractivity contribution in [2.45, 2.75) is 32.2 Å². The van der Waals surface area contributed by atoms with Crippen LogP contribution < -0.4 is 5.32 Å². The molecule has 7 heteroatoms. The standard InChI is InChI=1S/C19H30N4O2S/c1-4-15(16-6-5-11-26-16)21-18(20-12-17(24)22(2)3)23-9-7-19(13-23)8-10-25-14-19/h5-6,11,15H,4,7-10,12-14H2,1-3H3,(H,20,21). The van der Waals surface area contributed by atoms with Crippen molar-refractivity contribution < 1.29 is 9.53 Å². The highest BCUT2D eigenvalue weighted by molar-refractivity contribution is 7.10. The number of rotatable bonds is 5. The Labute approximate surface area is 160 Å². The van der Waals surface area contributed by atoms with Gasteiger partial charge in [0.05, 0.1) is 12.6 Å². The minimum atomic E-state index is 0.0200. The molecule has 1 aromatic heterocycles. The SMILES string of the molecule is CCC(NC(=NCC(=O)N(C)C)N1CCC2(CCOC2)C1)c1cccs1. The highest BCUT2D eigenvalue weighted by Crippen LogP contribution is 2.38. The molecule has 1 N–H and O–H groups in total. The van der Waals surface area contributed by atoms with E-state index in [1.165, 1.54) is 4.88 Å². The van der Waals surface area contributed by atoms with Crippen LogP contribution >= 0.6 is 11.3 Å². The molecule has 0 aliphatic carbocycles. The van der Waals surface area contributed by atoms with Gasteiger partial charge in [-0.3, -0.25) is 4.79 Å². The molecule has 26 heavy (non-hydrogen) atoms. The predicted molar refractivity (Wildman–Crippen MR) is 106 cm³/mol. The molecule has 1 aromatic rings. The van der Waals surface area contributed by atoms with Crippen molar-refractivity contribution in [3.63, 3.8) is 0 Å². The Morgan fingerprint density at radius 2 is 2.35 bits per heavy atom. The van der Waals surface area contributed by atoms with Crippen LogP contribution in [0.5, 0.6) is 0 Å². The van der Waals surface area contributed by atoms with E-state index in [-0.39, 0.29) is 23.9 Å². The molecule has 2 unspecified atom stereocenters. The van der Waals surface area contributed by atoms with Crippen molar-refractivity contribution >= 4 is 23.2 Å². The maximum atomic E-state index is 12.1. The van der Waals surface area contributed by atoms with Crippen LogP contribution in [0, 0.1) is 5.41 Å². The zero-order valence-corrected chi connectivity index (χ0v) is 16.8. The van der Waals surface area contributed by atoms with Crippen molar-refractivity contribution in [2.24, 2.45) is 10.4 Å². The number of hydrogen-bond acceptors (Lipinski definition) is 4. The molecule has 0 bridgehead atoms. The number of guanidine groups is 1. The molecule has 2 aliphatic heterocycles. The van der Waals surface area contributed by atoms with Crippen LogP contribution in [0.15, 0.2) is 22.5 Å². The van der Waals surface area contributed by atoms with E-state index in [2.05, 4.69) is 39.6 Å². The molecular weight excluding hydrogens is 348 g/mol. The minimum Gasteiger partial charge on any atom is -0.381 e. The molecule has 2 aliphatic rings. The largest absolute Gasteiger partial charge is 0.381 e. The molecule has 3 rings (SSSR count). The number of carbonyl (C=O) groups excluding carboxylic acids is 1. The lowest BCUT2D eigenvalue weighted by Crippen LogP contribution is -2.43. The lowest BCUT2D eigenvalue weighted by Gasteiger charge is -2.28. The lowest BCUT2D eigenvalue weighted by molar-refractivity contribution is -0.127. The van der Waals surface area contributed by atoms with Gasteiger partial charge in [0.2, 0.25) is 5.91 Å². The Hall–Kier alpha value is -1.60. The average Bonchev–Trinajstić information content (AvgIpc) is 3.38. The smallest absolute Gasteiger partial charge is 0.243 e. The van der Waals surface area contributed by atoms with Gasteiger partial charge in [0, 0.05) is 44.1 Å². The Kier molecular flexibility index (Phi) is 6.19. The van der Waals surface area contributed by atoms with Crippen LogP contribution in [0.3, 0.4) is 0 Å². The third kappa shape index (κ3) is 4.38. The highest BCUT2D eigenvalue weighted by atomic mass is 32.1. The molecule has 0 aromatic carbocycles. The van der Waals surface area contributed by atoms with Crippen LogP contribution in [0.2, 0.25) is 0 Å². The summed E-state index contributed by atoms with van der Waals surface area (Å²) in [5.41, 5.74) is 0.263. The number of nitrogens with zero attached hydrogens (tertiary/aromatic N) is 3. The van der Waals surface area contributed by atoms with E-state index >= 15 is 0 Å². The Balaban J connectivity index is 1.75. The first-order valence-electron chi connectivity index (χ1n) is 9.40. The molecule has 1 spiro atoms. The molecule has 0 radical (unpaired) electrons. The molecule has 2 atom stereocenters. The van der Waals surface area contributed by atoms with Crippen LogP contribution in [-0.4, -0.2) is 68.6 Å². The van der Waals surface area contributed by atoms with E-state index in [9.17, 15) is 4.79 Å². The third-order valence-electron chi connectivity index (χ3n) is 5.38. The molecule has 1 amide bonds. The van der Waals surface area contributed by atoms with Crippen molar-refractivity contribution in [1.29, 1.82) is 0 Å². The van der Waals surface area contributed by atoms with Crippen molar-refractivity contribution in [3.05, 3.63) is 22.4 Å². The summed E-state index contributed by atoms with van der Waals surface area (Å²) in [4.78, 5) is 21.9. The number of thiophene rings is 1. The fourth-order valence-corrected chi connectivity index (χ4v) is 4.49. The molecule has 2 saturated heterocycles. The Bertz CT molecular complexity index is 623. The summed E-state index contributed by atoms with van der Waals surface area (Å²) < 4.78 is 5.66. The van der Waals surface area contributed by atoms with Crippen molar-refractivity contribution in [3.8, 4) is 0 Å². The molecule has 6 nitrogen and oxygen atoms in total. The number of nitrogens with one attached hydrogen (secondary N) is 1. The van der Waals surface area contributed by atoms with E-state index in [0.717, 1.165) is 51.5 Å². The number of likely N-dealkylation sites (N-methyl/N-ethyl adjacent to an activating group) is 1. The second kappa shape index (κ2) is 8.39. The zero-order chi connectivity index (χ0) is 18.6. The molecular formula is C19H30N4O2S. The number of ether oxygens (including phenoxy) is 1. The summed E-state index contributed by atoms with van der Waals surface area (Å²) in [5, 5.41) is 5.73. The summed E-state index contributed by atoms with van der Waals surface area (Å²) in [6, 6.07) is 4.46. The van der Waals surface area contributed by atoms with E-state index in [1.807, 2.05) is 0 Å². The first-order chi connectivity index (χ1) is 12.5. The lowest BCUT2D eigenvalue weighted by atomic mass is 9.87. The maximum absolute atomic E-state index is 12.1. The summed E-state index contributed by atoms with van der Waals surface area (Å²) in [6.07, 6.45) is 3.23. The van der Waals surface area contributed by atoms with E-state index in [0.29, 0.717) is 0 Å². The van der Waals surface area contributed by atoms with E-state index in [4.69, 9.17) is 4.74 Å². The van der Waals surface area contributed by atoms with Crippen LogP contribution in [0.4, 0.5) is 0 Å². The Morgan fingerprint density at radius 3 is 2.96 bits per heavy atom. The number of carbonyl (C=O) groups is 1. The fraction of sp³-hybridized carbons (Fsp3) is 0.684. The average molecular weight is 379 g/mol. The highest BCUT2D eigenvalue weighted by Gasteiger charge is 2.42. The van der Waals surface area contributed by atoms with Crippen molar-refractivity contribution in [2.75, 3.05) is 46.9 Å². The van der Waals surface area contributed by atoms with Gasteiger partial charge in [-0.25, -0.2) is 4.99 Å². The number of amides is 1. The second-order valence-corrected chi connectivity index (χ2v) is 8.50. The fourth-order valence-electron chi connectivity index (χ4n) is 3.63. The zero-order valence-electron chi connectivity index (χ0n) is 16.0. The molecule has 3 heterocycles. The van der Waals surface area contributed by atoms with Gasteiger partial charge >= 0.3 is 0 Å². The number of aliphatic imine (C=N–C) groups is 1. The number of hydrogen-bond donors (Lipinski definition) is 1. The van der Waals surface area contributed by atoms with Gasteiger partial charge in [-0.15, -0.1) is 11.3 Å². The summed E-state index contributed by atoms with van der Waals surface area (Å²) in [6.45, 7) is 5.98. The monoisotopic (exact) mass is 378 g/mol. The van der Waals surface area contributed by atoms with Crippen LogP contribution in [0.1, 0.15) is 37.1 Å². The van der Waals surface area contributed by atoms with Gasteiger partial charge in [-0.05, 0) is 30.7 Å². The van der Waals surface area contributed by atoms with Crippen LogP contribution in [0.25, 0.3) is 0 Å². The van der Waals surface area contributed by atoms with Gasteiger partial charge in [0.15, 0.2) is 5.96 Å². The summed E-state index contributed by atoms with van der Waals surface area (Å²) in [5.74, 6) is 0.871. The minimum absolute atomic E-state index is 0.0200. The van der Waals surface area contributed by atoms with Crippen molar-refractivity contribution in [1.82, 2.24) is 15.1 Å². The Morgan fingerprint density at radius 1 is 1.50 bits per heavy atom. The predicted octanol–water partition coefficient (Wildman–Crippen LogP) is 2.35.